The molecular formula is C10H10N4O2S+. The van der Waals surface area contributed by atoms with Crippen molar-refractivity contribution in [1.82, 2.24) is 0 Å². The molecule has 0 aliphatic carbocycles. The SMILES string of the molecule is CC(=O)c1cc(C[N+]2(C(N)=O)N=[C]C=N2)cs1. The Kier molecular flexibility index (Phi) is 2.86. The van der Waals surface area contributed by atoms with Crippen molar-refractivity contribution in [3.05, 3.63) is 21.9 Å². The average molecular weight is 250 g/mol. The largest absolute Gasteiger partial charge is 0.468 e. The minimum Gasteiger partial charge on any atom is -0.315 e. The third-order valence-corrected chi connectivity index (χ3v) is 3.37. The smallest absolute Gasteiger partial charge is 0.315 e. The molecule has 1 radical (unpaired) electrons. The van der Waals surface area contributed by atoms with Gasteiger partial charge in [0, 0.05) is 15.6 Å². The summed E-state index contributed by atoms with van der Waals surface area (Å²) in [5.74, 6) is -0.00754. The Balaban J connectivity index is 2.24. The number of hydrogen-bond donors (Lipinski definition) is 1. The van der Waals surface area contributed by atoms with Gasteiger partial charge in [0.25, 0.3) is 0 Å². The highest BCUT2D eigenvalue weighted by atomic mass is 32.1. The summed E-state index contributed by atoms with van der Waals surface area (Å²) in [6.07, 6.45) is 3.79. The van der Waals surface area contributed by atoms with Gasteiger partial charge >= 0.3 is 6.03 Å². The van der Waals surface area contributed by atoms with Gasteiger partial charge in [0.2, 0.25) is 0 Å². The lowest BCUT2D eigenvalue weighted by molar-refractivity contribution is -0.873. The molecular weight excluding hydrogens is 240 g/mol. The number of thiophene rings is 1. The quantitative estimate of drug-likeness (QED) is 0.645. The number of urea groups is 1. The summed E-state index contributed by atoms with van der Waals surface area (Å²) < 4.78 is -0.575. The second-order valence-corrected chi connectivity index (χ2v) is 4.49. The standard InChI is InChI=1S/C10H9N4O2S/c1-7(15)9-4-8(6-17-9)5-14(10(11)16)12-2-3-13-14/h2,4,6H,5H2,1H3,(H-,11,16)/p+1. The van der Waals surface area contributed by atoms with E-state index < -0.39 is 10.7 Å². The van der Waals surface area contributed by atoms with Crippen LogP contribution in [0.3, 0.4) is 0 Å². The third kappa shape index (κ3) is 2.15. The monoisotopic (exact) mass is 250 g/mol. The topological polar surface area (TPSA) is 84.9 Å². The van der Waals surface area contributed by atoms with Gasteiger partial charge in [-0.25, -0.2) is 4.79 Å². The summed E-state index contributed by atoms with van der Waals surface area (Å²) in [5.41, 5.74) is 6.06. The number of ketones is 1. The summed E-state index contributed by atoms with van der Waals surface area (Å²) in [4.78, 5) is 23.1. The highest BCUT2D eigenvalue weighted by molar-refractivity contribution is 7.12. The second-order valence-electron chi connectivity index (χ2n) is 3.58. The minimum absolute atomic E-state index is 0.00754. The highest BCUT2D eigenvalue weighted by Gasteiger charge is 2.38. The molecule has 7 heteroatoms. The van der Waals surface area contributed by atoms with E-state index in [0.717, 1.165) is 5.56 Å². The molecule has 0 bridgehead atoms. The Morgan fingerprint density at radius 2 is 2.35 bits per heavy atom. The van der Waals surface area contributed by atoms with Crippen molar-refractivity contribution in [1.29, 1.82) is 0 Å². The van der Waals surface area contributed by atoms with Crippen molar-refractivity contribution < 1.29 is 14.3 Å². The predicted molar refractivity (Wildman–Crippen MR) is 63.8 cm³/mol. The molecule has 2 amide bonds. The Labute approximate surface area is 102 Å². The summed E-state index contributed by atoms with van der Waals surface area (Å²) in [5, 5.41) is 9.52. The molecule has 6 nitrogen and oxygen atoms in total. The van der Waals surface area contributed by atoms with E-state index in [1.807, 2.05) is 0 Å². The van der Waals surface area contributed by atoms with Gasteiger partial charge in [0.05, 0.1) is 4.88 Å². The highest BCUT2D eigenvalue weighted by Crippen LogP contribution is 2.22. The molecule has 0 fully saturated rings. The van der Waals surface area contributed by atoms with Gasteiger partial charge in [-0.15, -0.1) is 11.3 Å². The minimum atomic E-state index is -0.679. The number of quaternary nitrogens is 1. The van der Waals surface area contributed by atoms with Crippen LogP contribution < -0.4 is 5.73 Å². The molecule has 1 aliphatic rings. The van der Waals surface area contributed by atoms with Crippen LogP contribution in [0.25, 0.3) is 0 Å². The van der Waals surface area contributed by atoms with Crippen molar-refractivity contribution >= 4 is 35.6 Å². The van der Waals surface area contributed by atoms with Crippen molar-refractivity contribution in [2.24, 2.45) is 15.9 Å². The summed E-state index contributed by atoms with van der Waals surface area (Å²) >= 11 is 1.33. The van der Waals surface area contributed by atoms with E-state index in [2.05, 4.69) is 16.4 Å². The van der Waals surface area contributed by atoms with Crippen LogP contribution in [0.2, 0.25) is 0 Å². The van der Waals surface area contributed by atoms with Crippen molar-refractivity contribution in [2.45, 2.75) is 13.5 Å². The first kappa shape index (κ1) is 11.6. The maximum Gasteiger partial charge on any atom is 0.468 e. The van der Waals surface area contributed by atoms with Gasteiger partial charge in [-0.2, -0.15) is 0 Å². The molecule has 2 N–H and O–H groups in total. The van der Waals surface area contributed by atoms with E-state index in [-0.39, 0.29) is 12.3 Å². The predicted octanol–water partition coefficient (Wildman–Crippen LogP) is 1.21. The Bertz CT molecular complexity index is 520. The Hall–Kier alpha value is -1.86. The lowest BCUT2D eigenvalue weighted by atomic mass is 10.2. The number of Topliss-reactive ketones (excluding diaryl/α,β-unsaturated/α-hetero) is 1. The summed E-state index contributed by atoms with van der Waals surface area (Å²) in [6.45, 7) is 1.69. The summed E-state index contributed by atoms with van der Waals surface area (Å²) in [6, 6.07) is 1.04. The van der Waals surface area contributed by atoms with E-state index in [4.69, 9.17) is 5.73 Å². The lowest BCUT2D eigenvalue weighted by Gasteiger charge is -2.16. The zero-order valence-electron chi connectivity index (χ0n) is 9.08. The van der Waals surface area contributed by atoms with E-state index in [9.17, 15) is 9.59 Å². The lowest BCUT2D eigenvalue weighted by Crippen LogP contribution is -2.44. The molecule has 2 rings (SSSR count). The van der Waals surface area contributed by atoms with Crippen molar-refractivity contribution in [3.8, 4) is 0 Å². The molecule has 0 aromatic carbocycles. The molecule has 0 spiro atoms. The third-order valence-electron chi connectivity index (χ3n) is 2.29. The molecule has 1 aromatic heterocycles. The van der Waals surface area contributed by atoms with Crippen molar-refractivity contribution in [2.75, 3.05) is 0 Å². The maximum atomic E-state index is 11.4. The van der Waals surface area contributed by atoms with E-state index >= 15 is 0 Å². The first-order chi connectivity index (χ1) is 8.03. The Morgan fingerprint density at radius 1 is 1.59 bits per heavy atom. The molecule has 2 heterocycles. The van der Waals surface area contributed by atoms with Gasteiger partial charge in [-0.05, 0) is 23.2 Å². The van der Waals surface area contributed by atoms with E-state index in [0.29, 0.717) is 4.88 Å². The number of nitrogens with zero attached hydrogens (tertiary/aromatic N) is 3. The van der Waals surface area contributed by atoms with Gasteiger partial charge in [-0.1, -0.05) is 0 Å². The van der Waals surface area contributed by atoms with Crippen LogP contribution in [0.1, 0.15) is 22.2 Å². The zero-order chi connectivity index (χ0) is 12.5. The number of carbonyl (C=O) groups is 2. The number of rotatable bonds is 3. The molecule has 0 saturated heterocycles. The second kappa shape index (κ2) is 4.19. The molecule has 17 heavy (non-hydrogen) atoms. The fraction of sp³-hybridized carbons (Fsp3) is 0.200. The number of primary amides is 1. The molecule has 87 valence electrons. The van der Waals surface area contributed by atoms with Crippen LogP contribution in [0.15, 0.2) is 21.6 Å². The number of nitrogens with two attached hydrogens (primary N) is 1. The fourth-order valence-corrected chi connectivity index (χ4v) is 2.23. The molecule has 0 saturated carbocycles. The molecule has 1 aliphatic heterocycles. The molecule has 1 atom stereocenters. The summed E-state index contributed by atoms with van der Waals surface area (Å²) in [7, 11) is 0. The van der Waals surface area contributed by atoms with Gasteiger partial charge in [-0.3, -0.25) is 4.79 Å². The molecule has 1 unspecified atom stereocenters. The van der Waals surface area contributed by atoms with Gasteiger partial charge < -0.3 is 5.73 Å². The van der Waals surface area contributed by atoms with Crippen LogP contribution in [0, 0.1) is 0 Å². The average Bonchev–Trinajstić information content (AvgIpc) is 2.88. The van der Waals surface area contributed by atoms with Crippen LogP contribution >= 0.6 is 11.3 Å². The normalized spacial score (nSPS) is 16.3. The zero-order valence-corrected chi connectivity index (χ0v) is 9.90. The van der Waals surface area contributed by atoms with E-state index in [1.54, 1.807) is 11.4 Å². The van der Waals surface area contributed by atoms with E-state index in [1.165, 1.54) is 24.5 Å². The van der Waals surface area contributed by atoms with Crippen LogP contribution in [-0.4, -0.2) is 28.9 Å². The van der Waals surface area contributed by atoms with Crippen molar-refractivity contribution in [3.63, 3.8) is 0 Å². The van der Waals surface area contributed by atoms with Gasteiger partial charge in [0.15, 0.2) is 18.5 Å². The number of amides is 2. The number of carbonyl (C=O) groups excluding carboxylic acids is 2. The number of hydrogen-bond acceptors (Lipinski definition) is 5. The Morgan fingerprint density at radius 3 is 2.82 bits per heavy atom. The first-order valence-electron chi connectivity index (χ1n) is 4.82. The van der Waals surface area contributed by atoms with Crippen LogP contribution in [0.5, 0.6) is 0 Å². The fourth-order valence-electron chi connectivity index (χ4n) is 1.43. The van der Waals surface area contributed by atoms with Crippen LogP contribution in [0.4, 0.5) is 4.79 Å². The van der Waals surface area contributed by atoms with Crippen LogP contribution in [-0.2, 0) is 6.54 Å². The first-order valence-corrected chi connectivity index (χ1v) is 5.70. The van der Waals surface area contributed by atoms with Gasteiger partial charge in [0.1, 0.15) is 6.21 Å². The molecule has 1 aromatic rings. The maximum absolute atomic E-state index is 11.4.